The summed E-state index contributed by atoms with van der Waals surface area (Å²) < 4.78 is 27.6. The fourth-order valence-corrected chi connectivity index (χ4v) is 5.38. The second-order valence-corrected chi connectivity index (χ2v) is 9.61. The van der Waals surface area contributed by atoms with Gasteiger partial charge >= 0.3 is 0 Å². The quantitative estimate of drug-likeness (QED) is 0.551. The molecule has 0 aliphatic heterocycles. The minimum atomic E-state index is -3.38. The van der Waals surface area contributed by atoms with Crippen molar-refractivity contribution in [2.75, 3.05) is 5.75 Å². The average Bonchev–Trinajstić information content (AvgIpc) is 2.99. The maximum atomic E-state index is 12.3. The lowest BCUT2D eigenvalue weighted by molar-refractivity contribution is -0.118. The van der Waals surface area contributed by atoms with Crippen molar-refractivity contribution in [1.29, 1.82) is 0 Å². The maximum absolute atomic E-state index is 12.3. The number of amides is 1. The van der Waals surface area contributed by atoms with Gasteiger partial charge in [0.25, 0.3) is 0 Å². The predicted octanol–water partition coefficient (Wildman–Crippen LogP) is 3.88. The van der Waals surface area contributed by atoms with E-state index in [9.17, 15) is 13.2 Å². The fraction of sp³-hybridized carbons (Fsp3) is 0.238. The summed E-state index contributed by atoms with van der Waals surface area (Å²) in [5.41, 5.74) is 2.15. The molecule has 1 amide bonds. The smallest absolute Gasteiger partial charge is 0.248 e. The molecule has 0 unspecified atom stereocenters. The van der Waals surface area contributed by atoms with E-state index < -0.39 is 9.84 Å². The second kappa shape index (κ2) is 8.67. The van der Waals surface area contributed by atoms with Crippen LogP contribution in [0.2, 0.25) is 0 Å². The molecule has 1 heterocycles. The number of fused-ring (bicyclic) bond motifs is 1. The maximum Gasteiger partial charge on any atom is 0.248 e. The van der Waals surface area contributed by atoms with Crippen LogP contribution in [0, 0.1) is 6.92 Å². The molecule has 0 N–H and O–H groups in total. The van der Waals surface area contributed by atoms with Crippen molar-refractivity contribution in [3.63, 3.8) is 0 Å². The third-order valence-electron chi connectivity index (χ3n) is 4.28. The van der Waals surface area contributed by atoms with E-state index in [0.717, 1.165) is 15.8 Å². The topological polar surface area (TPSA) is 68.5 Å². The van der Waals surface area contributed by atoms with Gasteiger partial charge in [-0.1, -0.05) is 41.7 Å². The van der Waals surface area contributed by atoms with E-state index in [-0.39, 0.29) is 29.4 Å². The zero-order chi connectivity index (χ0) is 20.1. The number of hydrogen-bond acceptors (Lipinski definition) is 4. The Labute approximate surface area is 168 Å². The molecule has 3 rings (SSSR count). The van der Waals surface area contributed by atoms with Crippen LogP contribution >= 0.6 is 11.3 Å². The zero-order valence-electron chi connectivity index (χ0n) is 15.7. The van der Waals surface area contributed by atoms with Gasteiger partial charge in [-0.25, -0.2) is 8.42 Å². The summed E-state index contributed by atoms with van der Waals surface area (Å²) in [5, 5.41) is 0. The minimum absolute atomic E-state index is 0.0729. The number of thiazole rings is 1. The number of benzene rings is 2. The summed E-state index contributed by atoms with van der Waals surface area (Å²) >= 11 is 1.45. The molecule has 28 heavy (non-hydrogen) atoms. The third-order valence-corrected chi connectivity index (χ3v) is 7.13. The number of aryl methyl sites for hydroxylation is 1. The van der Waals surface area contributed by atoms with Gasteiger partial charge in [0, 0.05) is 13.0 Å². The molecule has 0 fully saturated rings. The highest BCUT2D eigenvalue weighted by molar-refractivity contribution is 7.91. The van der Waals surface area contributed by atoms with Crippen LogP contribution in [0.15, 0.2) is 71.1 Å². The van der Waals surface area contributed by atoms with Gasteiger partial charge in [-0.2, -0.15) is 4.99 Å². The largest absolute Gasteiger partial charge is 0.313 e. The van der Waals surface area contributed by atoms with E-state index in [2.05, 4.69) is 17.6 Å². The van der Waals surface area contributed by atoms with E-state index in [1.54, 1.807) is 36.4 Å². The Balaban J connectivity index is 1.76. The summed E-state index contributed by atoms with van der Waals surface area (Å²) in [6.45, 7) is 6.35. The van der Waals surface area contributed by atoms with Gasteiger partial charge in [0.1, 0.15) is 0 Å². The van der Waals surface area contributed by atoms with Crippen LogP contribution in [0.5, 0.6) is 0 Å². The summed E-state index contributed by atoms with van der Waals surface area (Å²) in [4.78, 5) is 17.5. The molecule has 0 saturated heterocycles. The number of aromatic nitrogens is 1. The molecule has 0 spiro atoms. The molecular weight excluding hydrogens is 392 g/mol. The zero-order valence-corrected chi connectivity index (χ0v) is 17.3. The molecular formula is C21H22N2O3S2. The molecule has 1 aromatic heterocycles. The number of nitrogens with zero attached hydrogens (tertiary/aromatic N) is 2. The van der Waals surface area contributed by atoms with E-state index in [4.69, 9.17) is 0 Å². The third kappa shape index (κ3) is 4.66. The number of carbonyl (C=O) groups is 1. The SMILES string of the molecule is C=CCn1c(=NC(=O)CCCS(=O)(=O)c2ccccc2)sc2cc(C)ccc21. The van der Waals surface area contributed by atoms with Crippen LogP contribution in [0.1, 0.15) is 18.4 Å². The van der Waals surface area contributed by atoms with Crippen LogP contribution < -0.4 is 4.80 Å². The lowest BCUT2D eigenvalue weighted by Gasteiger charge is -2.03. The van der Waals surface area contributed by atoms with E-state index in [1.807, 2.05) is 23.6 Å². The molecule has 0 radical (unpaired) electrons. The standard InChI is InChI=1S/C21H22N2O3S2/c1-3-13-23-18-12-11-16(2)15-19(18)27-21(23)22-20(24)10-7-14-28(25,26)17-8-5-4-6-9-17/h3-6,8-9,11-12,15H,1,7,10,13-14H2,2H3. The molecule has 0 atom stereocenters. The minimum Gasteiger partial charge on any atom is -0.313 e. The van der Waals surface area contributed by atoms with Gasteiger partial charge in [-0.3, -0.25) is 4.79 Å². The normalized spacial score (nSPS) is 12.4. The molecule has 0 aliphatic carbocycles. The predicted molar refractivity (Wildman–Crippen MR) is 113 cm³/mol. The summed E-state index contributed by atoms with van der Waals surface area (Å²) in [7, 11) is -3.38. The van der Waals surface area contributed by atoms with Crippen molar-refractivity contribution >= 4 is 37.3 Å². The Bertz CT molecular complexity index is 1170. The van der Waals surface area contributed by atoms with E-state index >= 15 is 0 Å². The molecule has 3 aromatic rings. The van der Waals surface area contributed by atoms with Gasteiger partial charge in [-0.15, -0.1) is 6.58 Å². The van der Waals surface area contributed by atoms with Gasteiger partial charge in [0.15, 0.2) is 14.6 Å². The Morgan fingerprint density at radius 2 is 1.96 bits per heavy atom. The summed E-state index contributed by atoms with van der Waals surface area (Å²) in [6, 6.07) is 14.4. The molecule has 2 aromatic carbocycles. The Kier molecular flexibility index (Phi) is 6.26. The highest BCUT2D eigenvalue weighted by Gasteiger charge is 2.14. The fourth-order valence-electron chi connectivity index (χ4n) is 2.89. The highest BCUT2D eigenvalue weighted by atomic mass is 32.2. The van der Waals surface area contributed by atoms with Crippen molar-refractivity contribution in [3.8, 4) is 0 Å². The van der Waals surface area contributed by atoms with Gasteiger partial charge < -0.3 is 4.57 Å². The highest BCUT2D eigenvalue weighted by Crippen LogP contribution is 2.19. The van der Waals surface area contributed by atoms with Crippen molar-refractivity contribution < 1.29 is 13.2 Å². The summed E-state index contributed by atoms with van der Waals surface area (Å²) in [5.74, 6) is -0.388. The van der Waals surface area contributed by atoms with Crippen LogP contribution in [-0.4, -0.2) is 24.6 Å². The lowest BCUT2D eigenvalue weighted by atomic mass is 10.2. The molecule has 0 aliphatic rings. The molecule has 0 saturated carbocycles. The first-order valence-electron chi connectivity index (χ1n) is 8.97. The van der Waals surface area contributed by atoms with Crippen molar-refractivity contribution in [1.82, 2.24) is 4.57 Å². The first-order chi connectivity index (χ1) is 13.4. The Morgan fingerprint density at radius 1 is 1.21 bits per heavy atom. The van der Waals surface area contributed by atoms with Crippen molar-refractivity contribution in [3.05, 3.63) is 71.6 Å². The number of rotatable bonds is 7. The lowest BCUT2D eigenvalue weighted by Crippen LogP contribution is -2.16. The molecule has 0 bridgehead atoms. The first-order valence-corrected chi connectivity index (χ1v) is 11.4. The molecule has 146 valence electrons. The second-order valence-electron chi connectivity index (χ2n) is 6.50. The Hall–Kier alpha value is -2.51. The van der Waals surface area contributed by atoms with Crippen LogP contribution in [0.4, 0.5) is 0 Å². The summed E-state index contributed by atoms with van der Waals surface area (Å²) in [6.07, 6.45) is 2.10. The first kappa shape index (κ1) is 20.2. The van der Waals surface area contributed by atoms with E-state index in [1.165, 1.54) is 11.3 Å². The Morgan fingerprint density at radius 3 is 2.68 bits per heavy atom. The van der Waals surface area contributed by atoms with Crippen molar-refractivity contribution in [2.45, 2.75) is 31.2 Å². The average molecular weight is 415 g/mol. The van der Waals surface area contributed by atoms with Gasteiger partial charge in [0.2, 0.25) is 5.91 Å². The van der Waals surface area contributed by atoms with Crippen molar-refractivity contribution in [2.24, 2.45) is 4.99 Å². The number of hydrogen-bond donors (Lipinski definition) is 0. The van der Waals surface area contributed by atoms with E-state index in [0.29, 0.717) is 11.3 Å². The van der Waals surface area contributed by atoms with Crippen LogP contribution in [0.25, 0.3) is 10.2 Å². The van der Waals surface area contributed by atoms with Gasteiger partial charge in [0.05, 0.1) is 20.9 Å². The molecule has 5 nitrogen and oxygen atoms in total. The van der Waals surface area contributed by atoms with Crippen LogP contribution in [0.3, 0.4) is 0 Å². The number of sulfone groups is 1. The number of allylic oxidation sites excluding steroid dienone is 1. The molecule has 7 heteroatoms. The van der Waals surface area contributed by atoms with Gasteiger partial charge in [-0.05, 0) is 43.2 Å². The monoisotopic (exact) mass is 414 g/mol. The van der Waals surface area contributed by atoms with Crippen LogP contribution in [-0.2, 0) is 21.2 Å². The number of carbonyl (C=O) groups excluding carboxylic acids is 1.